The van der Waals surface area contributed by atoms with Gasteiger partial charge in [0.2, 0.25) is 0 Å². The lowest BCUT2D eigenvalue weighted by atomic mass is 10.0. The zero-order valence-electron chi connectivity index (χ0n) is 21.1. The van der Waals surface area contributed by atoms with Crippen LogP contribution in [0.5, 0.6) is 11.5 Å². The maximum absolute atomic E-state index is 12.6. The summed E-state index contributed by atoms with van der Waals surface area (Å²) in [5.74, 6) is 1.20. The van der Waals surface area contributed by atoms with Gasteiger partial charge in [0.05, 0.1) is 6.61 Å². The van der Waals surface area contributed by atoms with Gasteiger partial charge in [-0.25, -0.2) is 4.79 Å². The van der Waals surface area contributed by atoms with Crippen LogP contribution < -0.4 is 9.47 Å². The van der Waals surface area contributed by atoms with E-state index in [0.29, 0.717) is 17.9 Å². The summed E-state index contributed by atoms with van der Waals surface area (Å²) in [5.41, 5.74) is 1.75. The number of carbonyl (C=O) groups is 2. The second kappa shape index (κ2) is 12.3. The van der Waals surface area contributed by atoms with E-state index in [0.717, 1.165) is 33.4 Å². The third-order valence-electron chi connectivity index (χ3n) is 6.18. The van der Waals surface area contributed by atoms with Crippen molar-refractivity contribution >= 4 is 29.6 Å². The first-order chi connectivity index (χ1) is 16.7. The molecule has 0 aliphatic heterocycles. The quantitative estimate of drug-likeness (QED) is 0.208. The third-order valence-corrected chi connectivity index (χ3v) is 7.52. The van der Waals surface area contributed by atoms with E-state index in [9.17, 15) is 14.7 Å². The van der Waals surface area contributed by atoms with E-state index in [1.165, 1.54) is 46.0 Å². The molecule has 6 heteroatoms. The molecule has 0 atom stereocenters. The van der Waals surface area contributed by atoms with Crippen molar-refractivity contribution in [1.82, 2.24) is 0 Å². The average molecular weight is 497 g/mol. The predicted molar refractivity (Wildman–Crippen MR) is 143 cm³/mol. The van der Waals surface area contributed by atoms with Gasteiger partial charge in [-0.15, -0.1) is 0 Å². The van der Waals surface area contributed by atoms with Gasteiger partial charge in [0.25, 0.3) is 0 Å². The summed E-state index contributed by atoms with van der Waals surface area (Å²) >= 11 is 2.01. The highest BCUT2D eigenvalue weighted by Gasteiger charge is 2.30. The summed E-state index contributed by atoms with van der Waals surface area (Å²) in [6.07, 6.45) is 10.1. The molecule has 0 amide bonds. The van der Waals surface area contributed by atoms with Crippen molar-refractivity contribution in [3.63, 3.8) is 0 Å². The smallest absolute Gasteiger partial charge is 0.347 e. The molecule has 0 saturated heterocycles. The molecule has 1 N–H and O–H groups in total. The first-order valence-electron chi connectivity index (χ1n) is 12.3. The molecule has 2 aromatic carbocycles. The summed E-state index contributed by atoms with van der Waals surface area (Å²) in [7, 11) is 0. The fraction of sp³-hybridized carbons (Fsp3) is 0.448. The maximum atomic E-state index is 12.6. The molecular formula is C29H36O5S. The number of allylic oxidation sites excluding steroid dienone is 1. The predicted octanol–water partition coefficient (Wildman–Crippen LogP) is 6.89. The Labute approximate surface area is 212 Å². The van der Waals surface area contributed by atoms with Crippen LogP contribution in [0.3, 0.4) is 0 Å². The molecule has 0 unspecified atom stereocenters. The number of carbonyl (C=O) groups excluding carboxylic acids is 1. The number of ketones is 1. The monoisotopic (exact) mass is 496 g/mol. The lowest BCUT2D eigenvalue weighted by Gasteiger charge is -2.24. The van der Waals surface area contributed by atoms with E-state index < -0.39 is 11.6 Å². The lowest BCUT2D eigenvalue weighted by Crippen LogP contribution is -2.38. The zero-order valence-corrected chi connectivity index (χ0v) is 22.0. The van der Waals surface area contributed by atoms with Gasteiger partial charge in [0, 0.05) is 16.6 Å². The van der Waals surface area contributed by atoms with Crippen LogP contribution in [-0.2, 0) is 4.79 Å². The largest absolute Gasteiger partial charge is 0.493 e. The first kappa shape index (κ1) is 26.9. The molecule has 1 saturated carbocycles. The van der Waals surface area contributed by atoms with Crippen molar-refractivity contribution in [2.75, 3.05) is 12.4 Å². The van der Waals surface area contributed by atoms with E-state index in [1.54, 1.807) is 24.3 Å². The Hall–Kier alpha value is -2.73. The highest BCUT2D eigenvalue weighted by molar-refractivity contribution is 7.99. The Balaban J connectivity index is 1.53. The maximum Gasteiger partial charge on any atom is 0.347 e. The Bertz CT molecular complexity index is 1030. The van der Waals surface area contributed by atoms with E-state index in [2.05, 4.69) is 0 Å². The van der Waals surface area contributed by atoms with Crippen molar-refractivity contribution in [2.45, 2.75) is 70.7 Å². The van der Waals surface area contributed by atoms with Crippen LogP contribution in [0.25, 0.3) is 6.08 Å². The van der Waals surface area contributed by atoms with Crippen molar-refractivity contribution in [3.8, 4) is 11.5 Å². The minimum absolute atomic E-state index is 0.0907. The molecule has 0 heterocycles. The zero-order chi connectivity index (χ0) is 25.4. The summed E-state index contributed by atoms with van der Waals surface area (Å²) < 4.78 is 11.6. The van der Waals surface area contributed by atoms with Crippen LogP contribution in [-0.4, -0.2) is 40.1 Å². The normalized spacial score (nSPS) is 14.7. The van der Waals surface area contributed by atoms with Crippen LogP contribution in [0.15, 0.2) is 42.5 Å². The minimum atomic E-state index is -1.33. The van der Waals surface area contributed by atoms with Gasteiger partial charge in [-0.1, -0.05) is 25.3 Å². The molecule has 1 aliphatic rings. The number of carboxylic acid groups (broad SMARTS) is 1. The lowest BCUT2D eigenvalue weighted by molar-refractivity contribution is -0.152. The number of rotatable bonds is 11. The van der Waals surface area contributed by atoms with Gasteiger partial charge in [0.1, 0.15) is 11.5 Å². The molecule has 3 rings (SSSR count). The van der Waals surface area contributed by atoms with E-state index in [4.69, 9.17) is 9.47 Å². The number of ether oxygens (including phenoxy) is 2. The molecular weight excluding hydrogens is 460 g/mol. The minimum Gasteiger partial charge on any atom is -0.493 e. The number of carboxylic acids is 1. The fourth-order valence-electron chi connectivity index (χ4n) is 4.13. The standard InChI is InChI=1S/C29H36O5S/c1-20-18-22(19-21(2)27(20)34-29(3,4)28(31)32)10-15-26(30)23-11-13-24(14-12-23)33-16-17-35-25-8-6-5-7-9-25/h10-15,18-19,25H,5-9,16-17H2,1-4H3,(H,31,32). The van der Waals surface area contributed by atoms with Crippen LogP contribution in [0.1, 0.15) is 73.0 Å². The SMILES string of the molecule is Cc1cc(C=CC(=O)c2ccc(OCCSC3CCCCC3)cc2)cc(C)c1OC(C)(C)C(=O)O. The summed E-state index contributed by atoms with van der Waals surface area (Å²) in [4.78, 5) is 24.0. The van der Waals surface area contributed by atoms with Crippen LogP contribution in [0.4, 0.5) is 0 Å². The van der Waals surface area contributed by atoms with Crippen LogP contribution in [0.2, 0.25) is 0 Å². The molecule has 2 aromatic rings. The Morgan fingerprint density at radius 3 is 2.29 bits per heavy atom. The summed E-state index contributed by atoms with van der Waals surface area (Å²) in [6, 6.07) is 11.0. The second-order valence-corrected chi connectivity index (χ2v) is 11.0. The highest BCUT2D eigenvalue weighted by Crippen LogP contribution is 2.30. The van der Waals surface area contributed by atoms with Gasteiger partial charge in [0.15, 0.2) is 11.4 Å². The van der Waals surface area contributed by atoms with Gasteiger partial charge in [-0.2, -0.15) is 11.8 Å². The molecule has 35 heavy (non-hydrogen) atoms. The molecule has 0 spiro atoms. The third kappa shape index (κ3) is 7.89. The number of hydrogen-bond acceptors (Lipinski definition) is 5. The van der Waals surface area contributed by atoms with Crippen molar-refractivity contribution in [3.05, 3.63) is 64.7 Å². The fourth-order valence-corrected chi connectivity index (χ4v) is 5.31. The van der Waals surface area contributed by atoms with Gasteiger partial charge < -0.3 is 14.6 Å². The van der Waals surface area contributed by atoms with Crippen molar-refractivity contribution in [1.29, 1.82) is 0 Å². The topological polar surface area (TPSA) is 72.8 Å². The molecule has 0 bridgehead atoms. The Morgan fingerprint density at radius 2 is 1.69 bits per heavy atom. The molecule has 0 aromatic heterocycles. The highest BCUT2D eigenvalue weighted by atomic mass is 32.2. The summed E-state index contributed by atoms with van der Waals surface area (Å²) in [6.45, 7) is 7.45. The van der Waals surface area contributed by atoms with Gasteiger partial charge in [-0.05, 0) is 99.7 Å². The molecule has 5 nitrogen and oxygen atoms in total. The number of aliphatic carboxylic acids is 1. The van der Waals surface area contributed by atoms with Crippen LogP contribution >= 0.6 is 11.8 Å². The number of thioether (sulfide) groups is 1. The Kier molecular flexibility index (Phi) is 9.44. The number of aryl methyl sites for hydroxylation is 2. The van der Waals surface area contributed by atoms with E-state index >= 15 is 0 Å². The van der Waals surface area contributed by atoms with Gasteiger partial charge in [-0.3, -0.25) is 4.79 Å². The van der Waals surface area contributed by atoms with Gasteiger partial charge >= 0.3 is 5.97 Å². The molecule has 1 fully saturated rings. The number of benzene rings is 2. The van der Waals surface area contributed by atoms with Crippen molar-refractivity contribution < 1.29 is 24.2 Å². The van der Waals surface area contributed by atoms with E-state index in [-0.39, 0.29) is 5.78 Å². The summed E-state index contributed by atoms with van der Waals surface area (Å²) in [5, 5.41) is 10.1. The van der Waals surface area contributed by atoms with E-state index in [1.807, 2.05) is 49.9 Å². The molecule has 0 radical (unpaired) electrons. The molecule has 188 valence electrons. The first-order valence-corrected chi connectivity index (χ1v) is 13.3. The van der Waals surface area contributed by atoms with Crippen LogP contribution in [0, 0.1) is 13.8 Å². The Morgan fingerprint density at radius 1 is 1.06 bits per heavy atom. The number of hydrogen-bond donors (Lipinski definition) is 1. The second-order valence-electron chi connectivity index (χ2n) is 9.60. The van der Waals surface area contributed by atoms with Crippen molar-refractivity contribution in [2.24, 2.45) is 0 Å². The molecule has 1 aliphatic carbocycles. The average Bonchev–Trinajstić information content (AvgIpc) is 2.83.